The van der Waals surface area contributed by atoms with Crippen LogP contribution in [0, 0.1) is 11.7 Å². The molecule has 17 heavy (non-hydrogen) atoms. The van der Waals surface area contributed by atoms with Crippen LogP contribution in [0.2, 0.25) is 0 Å². The van der Waals surface area contributed by atoms with Crippen LogP contribution in [0.5, 0.6) is 0 Å². The third-order valence-electron chi connectivity index (χ3n) is 2.88. The summed E-state index contributed by atoms with van der Waals surface area (Å²) in [5.74, 6) is -0.349. The second-order valence-corrected chi connectivity index (χ2v) is 4.20. The molecule has 1 aromatic carbocycles. The molecular weight excluding hydrogens is 219 g/mol. The number of carbonyl (C=O) groups is 1. The SMILES string of the molecule is O=C1OCCCC1C/C=C/c1ccc(F)cc1. The smallest absolute Gasteiger partial charge is 0.309 e. The van der Waals surface area contributed by atoms with E-state index in [1.807, 2.05) is 12.2 Å². The van der Waals surface area contributed by atoms with Gasteiger partial charge in [-0.05, 0) is 37.0 Å². The molecule has 3 heteroatoms. The van der Waals surface area contributed by atoms with E-state index in [0.717, 1.165) is 18.4 Å². The monoisotopic (exact) mass is 234 g/mol. The van der Waals surface area contributed by atoms with E-state index in [0.29, 0.717) is 13.0 Å². The number of halogens is 1. The first-order valence-corrected chi connectivity index (χ1v) is 5.84. The fraction of sp³-hybridized carbons (Fsp3) is 0.357. The Balaban J connectivity index is 1.88. The van der Waals surface area contributed by atoms with E-state index in [1.165, 1.54) is 12.1 Å². The number of esters is 1. The van der Waals surface area contributed by atoms with Gasteiger partial charge in [-0.2, -0.15) is 0 Å². The maximum Gasteiger partial charge on any atom is 0.309 e. The molecule has 1 unspecified atom stereocenters. The first kappa shape index (κ1) is 11.8. The second kappa shape index (κ2) is 5.62. The Morgan fingerprint density at radius 3 is 2.82 bits per heavy atom. The molecule has 2 rings (SSSR count). The van der Waals surface area contributed by atoms with Gasteiger partial charge >= 0.3 is 5.97 Å². The van der Waals surface area contributed by atoms with E-state index in [2.05, 4.69) is 0 Å². The van der Waals surface area contributed by atoms with Crippen LogP contribution in [0.15, 0.2) is 30.3 Å². The summed E-state index contributed by atoms with van der Waals surface area (Å²) < 4.78 is 17.7. The summed E-state index contributed by atoms with van der Waals surface area (Å²) >= 11 is 0. The Bertz CT molecular complexity index is 409. The number of benzene rings is 1. The largest absolute Gasteiger partial charge is 0.465 e. The molecule has 0 radical (unpaired) electrons. The molecule has 1 saturated heterocycles. The zero-order chi connectivity index (χ0) is 12.1. The molecule has 1 aliphatic rings. The number of cyclic esters (lactones) is 1. The molecule has 90 valence electrons. The van der Waals surface area contributed by atoms with Gasteiger partial charge in [-0.1, -0.05) is 24.3 Å². The molecule has 0 aliphatic carbocycles. The Kier molecular flexibility index (Phi) is 3.91. The summed E-state index contributed by atoms with van der Waals surface area (Å²) in [6.45, 7) is 0.553. The van der Waals surface area contributed by atoms with Crippen molar-refractivity contribution in [3.05, 3.63) is 41.7 Å². The standard InChI is InChI=1S/C14H15FO2/c15-13-8-6-11(7-9-13)3-1-4-12-5-2-10-17-14(12)16/h1,3,6-9,12H,2,4-5,10H2/b3-1+. The summed E-state index contributed by atoms with van der Waals surface area (Å²) in [5.41, 5.74) is 0.940. The Hall–Kier alpha value is -1.64. The molecule has 0 saturated carbocycles. The lowest BCUT2D eigenvalue weighted by atomic mass is 9.97. The lowest BCUT2D eigenvalue weighted by Crippen LogP contribution is -2.23. The number of allylic oxidation sites excluding steroid dienone is 1. The molecule has 1 atom stereocenters. The second-order valence-electron chi connectivity index (χ2n) is 4.20. The quantitative estimate of drug-likeness (QED) is 0.751. The lowest BCUT2D eigenvalue weighted by molar-refractivity contribution is -0.152. The van der Waals surface area contributed by atoms with Crippen molar-refractivity contribution in [2.24, 2.45) is 5.92 Å². The third kappa shape index (κ3) is 3.41. The molecule has 0 bridgehead atoms. The minimum absolute atomic E-state index is 0.0135. The molecule has 2 nitrogen and oxygen atoms in total. The highest BCUT2D eigenvalue weighted by molar-refractivity contribution is 5.73. The number of hydrogen-bond acceptors (Lipinski definition) is 2. The average molecular weight is 234 g/mol. The predicted octanol–water partition coefficient (Wildman–Crippen LogP) is 3.18. The van der Waals surface area contributed by atoms with Crippen molar-refractivity contribution in [2.45, 2.75) is 19.3 Å². The Morgan fingerprint density at radius 2 is 2.12 bits per heavy atom. The third-order valence-corrected chi connectivity index (χ3v) is 2.88. The van der Waals surface area contributed by atoms with Crippen LogP contribution in [-0.4, -0.2) is 12.6 Å². The first-order chi connectivity index (χ1) is 8.25. The van der Waals surface area contributed by atoms with Gasteiger partial charge in [0, 0.05) is 0 Å². The van der Waals surface area contributed by atoms with Crippen molar-refractivity contribution in [1.82, 2.24) is 0 Å². The highest BCUT2D eigenvalue weighted by atomic mass is 19.1. The van der Waals surface area contributed by atoms with Gasteiger partial charge in [-0.3, -0.25) is 4.79 Å². The molecule has 1 heterocycles. The van der Waals surface area contributed by atoms with E-state index in [4.69, 9.17) is 4.74 Å². The van der Waals surface area contributed by atoms with Crippen molar-refractivity contribution >= 4 is 12.0 Å². The van der Waals surface area contributed by atoms with Gasteiger partial charge in [0.1, 0.15) is 5.82 Å². The highest BCUT2D eigenvalue weighted by Gasteiger charge is 2.22. The summed E-state index contributed by atoms with van der Waals surface area (Å²) in [7, 11) is 0. The van der Waals surface area contributed by atoms with Gasteiger partial charge in [0.25, 0.3) is 0 Å². The summed E-state index contributed by atoms with van der Waals surface area (Å²) in [5, 5.41) is 0. The average Bonchev–Trinajstić information content (AvgIpc) is 2.34. The number of rotatable bonds is 3. The number of hydrogen-bond donors (Lipinski definition) is 0. The van der Waals surface area contributed by atoms with Gasteiger partial charge < -0.3 is 4.74 Å². The molecule has 0 aromatic heterocycles. The van der Waals surface area contributed by atoms with Gasteiger partial charge in [0.05, 0.1) is 12.5 Å². The van der Waals surface area contributed by atoms with Crippen LogP contribution in [0.4, 0.5) is 4.39 Å². The molecule has 1 aromatic rings. The van der Waals surface area contributed by atoms with Crippen LogP contribution in [-0.2, 0) is 9.53 Å². The molecule has 1 fully saturated rings. The van der Waals surface area contributed by atoms with Crippen molar-refractivity contribution in [2.75, 3.05) is 6.61 Å². The first-order valence-electron chi connectivity index (χ1n) is 5.84. The Labute approximate surface area is 100 Å². The maximum atomic E-state index is 12.7. The summed E-state index contributed by atoms with van der Waals surface area (Å²) in [6.07, 6.45) is 6.38. The normalized spacial score (nSPS) is 20.5. The number of ether oxygens (including phenoxy) is 1. The zero-order valence-electron chi connectivity index (χ0n) is 9.56. The molecule has 0 amide bonds. The van der Waals surface area contributed by atoms with Crippen LogP contribution in [0.25, 0.3) is 6.08 Å². The van der Waals surface area contributed by atoms with Gasteiger partial charge in [0.2, 0.25) is 0 Å². The Morgan fingerprint density at radius 1 is 1.35 bits per heavy atom. The summed E-state index contributed by atoms with van der Waals surface area (Å²) in [6, 6.07) is 6.28. The van der Waals surface area contributed by atoms with Crippen molar-refractivity contribution in [3.8, 4) is 0 Å². The molecule has 1 aliphatic heterocycles. The summed E-state index contributed by atoms with van der Waals surface area (Å²) in [4.78, 5) is 11.4. The topological polar surface area (TPSA) is 26.3 Å². The van der Waals surface area contributed by atoms with Crippen LogP contribution < -0.4 is 0 Å². The highest BCUT2D eigenvalue weighted by Crippen LogP contribution is 2.19. The van der Waals surface area contributed by atoms with Crippen molar-refractivity contribution < 1.29 is 13.9 Å². The molecular formula is C14H15FO2. The van der Waals surface area contributed by atoms with E-state index in [9.17, 15) is 9.18 Å². The van der Waals surface area contributed by atoms with Gasteiger partial charge in [-0.15, -0.1) is 0 Å². The van der Waals surface area contributed by atoms with Crippen LogP contribution in [0.1, 0.15) is 24.8 Å². The van der Waals surface area contributed by atoms with E-state index >= 15 is 0 Å². The zero-order valence-corrected chi connectivity index (χ0v) is 9.56. The van der Waals surface area contributed by atoms with Crippen molar-refractivity contribution in [3.63, 3.8) is 0 Å². The van der Waals surface area contributed by atoms with E-state index < -0.39 is 0 Å². The van der Waals surface area contributed by atoms with Crippen molar-refractivity contribution in [1.29, 1.82) is 0 Å². The van der Waals surface area contributed by atoms with E-state index in [1.54, 1.807) is 12.1 Å². The fourth-order valence-electron chi connectivity index (χ4n) is 1.89. The molecule has 0 N–H and O–H groups in total. The molecule has 0 spiro atoms. The maximum absolute atomic E-state index is 12.7. The van der Waals surface area contributed by atoms with Gasteiger partial charge in [-0.25, -0.2) is 4.39 Å². The fourth-order valence-corrected chi connectivity index (χ4v) is 1.89. The van der Waals surface area contributed by atoms with Crippen LogP contribution in [0.3, 0.4) is 0 Å². The van der Waals surface area contributed by atoms with Gasteiger partial charge in [0.15, 0.2) is 0 Å². The van der Waals surface area contributed by atoms with E-state index in [-0.39, 0.29) is 17.7 Å². The lowest BCUT2D eigenvalue weighted by Gasteiger charge is -2.19. The predicted molar refractivity (Wildman–Crippen MR) is 63.7 cm³/mol. The number of carbonyl (C=O) groups excluding carboxylic acids is 1. The van der Waals surface area contributed by atoms with Crippen LogP contribution >= 0.6 is 0 Å². The minimum Gasteiger partial charge on any atom is -0.465 e. The minimum atomic E-state index is -0.238.